The van der Waals surface area contributed by atoms with Crippen molar-refractivity contribution in [2.45, 2.75) is 31.7 Å². The van der Waals surface area contributed by atoms with Crippen LogP contribution in [0.25, 0.3) is 28.2 Å². The van der Waals surface area contributed by atoms with Gasteiger partial charge in [-0.3, -0.25) is 4.98 Å². The summed E-state index contributed by atoms with van der Waals surface area (Å²) in [6.07, 6.45) is 13.2. The average Bonchev–Trinajstić information content (AvgIpc) is 3.22. The quantitative estimate of drug-likeness (QED) is 0.356. The Hall–Kier alpha value is -3.66. The van der Waals surface area contributed by atoms with Crippen LogP contribution in [-0.2, 0) is 0 Å². The van der Waals surface area contributed by atoms with E-state index in [1.165, 1.54) is 35.1 Å². The Bertz CT molecular complexity index is 1460. The molecule has 1 atom stereocenters. The van der Waals surface area contributed by atoms with Crippen LogP contribution in [0.3, 0.4) is 0 Å². The fourth-order valence-electron chi connectivity index (χ4n) is 5.73. The second-order valence-corrected chi connectivity index (χ2v) is 8.89. The van der Waals surface area contributed by atoms with Gasteiger partial charge in [0.15, 0.2) is 0 Å². The zero-order chi connectivity index (χ0) is 21.2. The third-order valence-electron chi connectivity index (χ3n) is 7.11. The van der Waals surface area contributed by atoms with Crippen molar-refractivity contribution in [1.82, 2.24) is 9.97 Å². The zero-order valence-electron chi connectivity index (χ0n) is 17.6. The minimum absolute atomic E-state index is 0.121. The molecule has 2 aliphatic heterocycles. The van der Waals surface area contributed by atoms with Gasteiger partial charge in [-0.1, -0.05) is 24.3 Å². The first kappa shape index (κ1) is 18.0. The van der Waals surface area contributed by atoms with Gasteiger partial charge in [-0.25, -0.2) is 4.39 Å². The van der Waals surface area contributed by atoms with Gasteiger partial charge in [-0.15, -0.1) is 0 Å². The lowest BCUT2D eigenvalue weighted by Gasteiger charge is -2.40. The van der Waals surface area contributed by atoms with Crippen molar-refractivity contribution >= 4 is 22.7 Å². The van der Waals surface area contributed by atoms with Crippen molar-refractivity contribution in [3.05, 3.63) is 101 Å². The molecule has 4 aromatic rings. The molecular formula is C28H22FN3. The van der Waals surface area contributed by atoms with Gasteiger partial charge in [0, 0.05) is 40.1 Å². The monoisotopic (exact) mass is 419 g/mol. The van der Waals surface area contributed by atoms with Gasteiger partial charge in [0.25, 0.3) is 0 Å². The summed E-state index contributed by atoms with van der Waals surface area (Å²) in [6, 6.07) is 15.6. The fourth-order valence-corrected chi connectivity index (χ4v) is 5.73. The predicted octanol–water partition coefficient (Wildman–Crippen LogP) is 7.13. The lowest BCUT2D eigenvalue weighted by Crippen LogP contribution is -2.33. The molecule has 7 rings (SSSR count). The molecule has 0 spiro atoms. The van der Waals surface area contributed by atoms with Gasteiger partial charge in [0.1, 0.15) is 5.82 Å². The van der Waals surface area contributed by atoms with Gasteiger partial charge < -0.3 is 9.88 Å². The van der Waals surface area contributed by atoms with Crippen LogP contribution in [0.5, 0.6) is 0 Å². The number of halogens is 1. The Kier molecular flexibility index (Phi) is 3.74. The fraction of sp³-hybridized carbons (Fsp3) is 0.179. The van der Waals surface area contributed by atoms with Crippen LogP contribution < -0.4 is 4.90 Å². The summed E-state index contributed by atoms with van der Waals surface area (Å²) in [6.45, 7) is 0. The summed E-state index contributed by atoms with van der Waals surface area (Å²) < 4.78 is 14.5. The van der Waals surface area contributed by atoms with Crippen LogP contribution in [0.2, 0.25) is 0 Å². The minimum atomic E-state index is -0.201. The molecule has 4 heteroatoms. The number of nitrogens with one attached hydrogen (secondary N) is 1. The summed E-state index contributed by atoms with van der Waals surface area (Å²) in [4.78, 5) is 10.7. The number of rotatable bonds is 1. The number of H-pyrrole nitrogens is 1. The normalized spacial score (nSPS) is 18.9. The van der Waals surface area contributed by atoms with E-state index in [4.69, 9.17) is 4.98 Å². The molecule has 4 heterocycles. The van der Waals surface area contributed by atoms with Crippen LogP contribution in [0, 0.1) is 5.82 Å². The number of fused-ring (bicyclic) bond motifs is 7. The molecule has 1 aliphatic carbocycles. The predicted molar refractivity (Wildman–Crippen MR) is 127 cm³/mol. The SMILES string of the molecule is Fc1ccc2c(c1)C1c3c[nH]c4cccc(c34)-c3ncccc3N1C(C1=CCCCC1)=C2. The lowest BCUT2D eigenvalue weighted by atomic mass is 9.85. The highest BCUT2D eigenvalue weighted by Gasteiger charge is 2.38. The van der Waals surface area contributed by atoms with E-state index in [2.05, 4.69) is 52.5 Å². The van der Waals surface area contributed by atoms with Gasteiger partial charge in [-0.05, 0) is 78.8 Å². The Morgan fingerprint density at radius 3 is 2.91 bits per heavy atom. The smallest absolute Gasteiger partial charge is 0.123 e. The van der Waals surface area contributed by atoms with E-state index in [0.717, 1.165) is 46.4 Å². The van der Waals surface area contributed by atoms with Crippen LogP contribution in [-0.4, -0.2) is 9.97 Å². The molecule has 3 aliphatic rings. The van der Waals surface area contributed by atoms with Gasteiger partial charge in [0.2, 0.25) is 0 Å². The van der Waals surface area contributed by atoms with Crippen molar-refractivity contribution in [2.24, 2.45) is 0 Å². The third kappa shape index (κ3) is 2.44. The number of nitrogens with zero attached hydrogens (tertiary/aromatic N) is 2. The molecule has 0 bridgehead atoms. The van der Waals surface area contributed by atoms with Gasteiger partial charge in [0.05, 0.1) is 17.4 Å². The minimum Gasteiger partial charge on any atom is -0.361 e. The summed E-state index contributed by atoms with van der Waals surface area (Å²) in [5.41, 5.74) is 10.1. The second-order valence-electron chi connectivity index (χ2n) is 8.89. The molecule has 0 saturated heterocycles. The van der Waals surface area contributed by atoms with E-state index in [-0.39, 0.29) is 11.9 Å². The maximum absolute atomic E-state index is 14.5. The Morgan fingerprint density at radius 2 is 2.00 bits per heavy atom. The highest BCUT2D eigenvalue weighted by Crippen LogP contribution is 2.52. The summed E-state index contributed by atoms with van der Waals surface area (Å²) >= 11 is 0. The first-order valence-electron chi connectivity index (χ1n) is 11.3. The average molecular weight is 420 g/mol. The maximum Gasteiger partial charge on any atom is 0.123 e. The summed E-state index contributed by atoms with van der Waals surface area (Å²) in [5, 5.41) is 1.18. The number of aromatic amines is 1. The lowest BCUT2D eigenvalue weighted by molar-refractivity contribution is 0.621. The number of anilines is 1. The molecule has 2 aromatic heterocycles. The van der Waals surface area contributed by atoms with Crippen molar-refractivity contribution < 1.29 is 4.39 Å². The number of pyridine rings is 1. The van der Waals surface area contributed by atoms with E-state index >= 15 is 0 Å². The molecule has 2 aromatic carbocycles. The largest absolute Gasteiger partial charge is 0.361 e. The highest BCUT2D eigenvalue weighted by atomic mass is 19.1. The zero-order valence-corrected chi connectivity index (χ0v) is 17.6. The molecule has 0 amide bonds. The maximum atomic E-state index is 14.5. The van der Waals surface area contributed by atoms with Crippen molar-refractivity contribution in [2.75, 3.05) is 4.90 Å². The van der Waals surface area contributed by atoms with Crippen molar-refractivity contribution in [3.63, 3.8) is 0 Å². The molecule has 1 N–H and O–H groups in total. The standard InChI is InChI=1S/C28H22FN3/c29-19-12-11-18-14-25(17-6-2-1-3-7-17)32-24-10-5-13-30-27(24)20-8-4-9-23-26(20)22(16-31-23)28(32)21(18)15-19/h4-6,8-16,28,31H,1-3,7H2. The van der Waals surface area contributed by atoms with Crippen LogP contribution in [0.15, 0.2) is 78.3 Å². The molecule has 0 radical (unpaired) electrons. The Balaban J connectivity index is 1.62. The second kappa shape index (κ2) is 6.67. The molecule has 1 unspecified atom stereocenters. The Labute approximate surface area is 185 Å². The van der Waals surface area contributed by atoms with Crippen molar-refractivity contribution in [3.8, 4) is 11.3 Å². The van der Waals surface area contributed by atoms with Crippen LogP contribution >= 0.6 is 0 Å². The molecular weight excluding hydrogens is 397 g/mol. The number of benzene rings is 2. The number of allylic oxidation sites excluding steroid dienone is 2. The number of hydrogen-bond acceptors (Lipinski definition) is 2. The van der Waals surface area contributed by atoms with E-state index in [1.54, 1.807) is 12.1 Å². The summed E-state index contributed by atoms with van der Waals surface area (Å²) in [7, 11) is 0. The van der Waals surface area contributed by atoms with Crippen LogP contribution in [0.1, 0.15) is 48.4 Å². The van der Waals surface area contributed by atoms with E-state index in [0.29, 0.717) is 0 Å². The summed E-state index contributed by atoms with van der Waals surface area (Å²) in [5.74, 6) is -0.201. The molecule has 32 heavy (non-hydrogen) atoms. The third-order valence-corrected chi connectivity index (χ3v) is 7.11. The van der Waals surface area contributed by atoms with E-state index in [9.17, 15) is 4.39 Å². The number of aromatic nitrogens is 2. The molecule has 0 fully saturated rings. The molecule has 3 nitrogen and oxygen atoms in total. The first-order valence-corrected chi connectivity index (χ1v) is 11.3. The number of hydrogen-bond donors (Lipinski definition) is 1. The molecule has 0 saturated carbocycles. The van der Waals surface area contributed by atoms with E-state index < -0.39 is 0 Å². The Morgan fingerprint density at radius 1 is 1.03 bits per heavy atom. The topological polar surface area (TPSA) is 31.9 Å². The first-order chi connectivity index (χ1) is 15.8. The van der Waals surface area contributed by atoms with E-state index in [1.807, 2.05) is 18.3 Å². The highest BCUT2D eigenvalue weighted by molar-refractivity contribution is 6.03. The molecule has 156 valence electrons. The van der Waals surface area contributed by atoms with Gasteiger partial charge >= 0.3 is 0 Å². The van der Waals surface area contributed by atoms with Crippen molar-refractivity contribution in [1.29, 1.82) is 0 Å². The van der Waals surface area contributed by atoms with Crippen LogP contribution in [0.4, 0.5) is 10.1 Å². The van der Waals surface area contributed by atoms with Gasteiger partial charge in [-0.2, -0.15) is 0 Å².